The first-order valence-electron chi connectivity index (χ1n) is 5.29. The zero-order chi connectivity index (χ0) is 11.8. The van der Waals surface area contributed by atoms with Crippen molar-refractivity contribution in [2.75, 3.05) is 23.7 Å². The third-order valence-electron chi connectivity index (χ3n) is 3.00. The predicted octanol–water partition coefficient (Wildman–Crippen LogP) is 1.10. The zero-order valence-electron chi connectivity index (χ0n) is 9.27. The lowest BCUT2D eigenvalue weighted by molar-refractivity contribution is 0.0839. The Morgan fingerprint density at radius 2 is 2.31 bits per heavy atom. The Bertz CT molecular complexity index is 448. The van der Waals surface area contributed by atoms with Crippen LogP contribution in [0.2, 0.25) is 0 Å². The van der Waals surface area contributed by atoms with Crippen LogP contribution >= 0.6 is 0 Å². The summed E-state index contributed by atoms with van der Waals surface area (Å²) in [6, 6.07) is 7.47. The fourth-order valence-corrected chi connectivity index (χ4v) is 2.08. The van der Waals surface area contributed by atoms with Gasteiger partial charge in [0, 0.05) is 13.1 Å². The highest BCUT2D eigenvalue weighted by Gasteiger charge is 2.32. The van der Waals surface area contributed by atoms with E-state index in [0.29, 0.717) is 17.8 Å². The molecule has 1 fully saturated rings. The molecule has 0 bridgehead atoms. The normalized spacial score (nSPS) is 24.4. The van der Waals surface area contributed by atoms with E-state index in [-0.39, 0.29) is 0 Å². The molecule has 2 rings (SSSR count). The van der Waals surface area contributed by atoms with Gasteiger partial charge in [-0.25, -0.2) is 0 Å². The first-order valence-corrected chi connectivity index (χ1v) is 5.29. The summed E-state index contributed by atoms with van der Waals surface area (Å²) in [5, 5.41) is 18.8. The van der Waals surface area contributed by atoms with Crippen LogP contribution in [-0.4, -0.2) is 23.8 Å². The van der Waals surface area contributed by atoms with Crippen molar-refractivity contribution in [1.29, 1.82) is 5.26 Å². The molecule has 1 atom stereocenters. The maximum Gasteiger partial charge on any atom is 0.101 e. The van der Waals surface area contributed by atoms with E-state index in [1.54, 1.807) is 6.07 Å². The Hall–Kier alpha value is -1.73. The van der Waals surface area contributed by atoms with Crippen LogP contribution in [0.15, 0.2) is 18.2 Å². The van der Waals surface area contributed by atoms with E-state index in [1.165, 1.54) is 0 Å². The Balaban J connectivity index is 2.33. The number of aliphatic hydroxyl groups is 1. The fraction of sp³-hybridized carbons (Fsp3) is 0.417. The smallest absolute Gasteiger partial charge is 0.101 e. The molecular weight excluding hydrogens is 202 g/mol. The molecule has 1 aliphatic rings. The maximum absolute atomic E-state index is 9.90. The van der Waals surface area contributed by atoms with E-state index in [0.717, 1.165) is 18.7 Å². The molecule has 1 aliphatic heterocycles. The van der Waals surface area contributed by atoms with Gasteiger partial charge in [0.1, 0.15) is 6.07 Å². The number of nitriles is 1. The van der Waals surface area contributed by atoms with Crippen LogP contribution in [0.25, 0.3) is 0 Å². The van der Waals surface area contributed by atoms with Crippen molar-refractivity contribution in [3.63, 3.8) is 0 Å². The maximum atomic E-state index is 9.90. The van der Waals surface area contributed by atoms with E-state index in [9.17, 15) is 5.11 Å². The molecule has 84 valence electrons. The van der Waals surface area contributed by atoms with Gasteiger partial charge in [0.15, 0.2) is 0 Å². The van der Waals surface area contributed by atoms with Crippen LogP contribution in [0, 0.1) is 11.3 Å². The molecule has 16 heavy (non-hydrogen) atoms. The molecule has 1 aromatic rings. The summed E-state index contributed by atoms with van der Waals surface area (Å²) in [5.41, 5.74) is 7.10. The molecule has 0 saturated carbocycles. The highest BCUT2D eigenvalue weighted by Crippen LogP contribution is 2.32. The highest BCUT2D eigenvalue weighted by molar-refractivity contribution is 5.74. The number of rotatable bonds is 1. The number of hydrogen-bond acceptors (Lipinski definition) is 4. The second kappa shape index (κ2) is 3.69. The van der Waals surface area contributed by atoms with Crippen LogP contribution in [-0.2, 0) is 0 Å². The van der Waals surface area contributed by atoms with E-state index in [2.05, 4.69) is 6.07 Å². The van der Waals surface area contributed by atoms with E-state index in [4.69, 9.17) is 11.0 Å². The average Bonchev–Trinajstić information content (AvgIpc) is 2.59. The lowest BCUT2D eigenvalue weighted by Crippen LogP contribution is -2.30. The summed E-state index contributed by atoms with van der Waals surface area (Å²) < 4.78 is 0. The van der Waals surface area contributed by atoms with E-state index < -0.39 is 5.60 Å². The van der Waals surface area contributed by atoms with Crippen molar-refractivity contribution < 1.29 is 5.11 Å². The van der Waals surface area contributed by atoms with Gasteiger partial charge in [-0.1, -0.05) is 6.07 Å². The summed E-state index contributed by atoms with van der Waals surface area (Å²) in [4.78, 5) is 2.02. The summed E-state index contributed by atoms with van der Waals surface area (Å²) in [5.74, 6) is 0. The lowest BCUT2D eigenvalue weighted by atomic mass is 10.1. The fourth-order valence-electron chi connectivity index (χ4n) is 2.08. The number of nitrogens with two attached hydrogens (primary N) is 1. The van der Waals surface area contributed by atoms with Gasteiger partial charge in [0.2, 0.25) is 0 Å². The standard InChI is InChI=1S/C12H15N3O/c1-12(16)5-6-15(8-12)10-4-2-3-9(7-13)11(10)14/h2-4,16H,5-6,8,14H2,1H3. The van der Waals surface area contributed by atoms with E-state index in [1.807, 2.05) is 24.0 Å². The van der Waals surface area contributed by atoms with Gasteiger partial charge in [-0.2, -0.15) is 5.26 Å². The minimum atomic E-state index is -0.658. The van der Waals surface area contributed by atoms with Crippen LogP contribution in [0.4, 0.5) is 11.4 Å². The number of β-amino-alcohol motifs (C(OH)–C–C–N with tert-alkyl or cyclic N) is 1. The van der Waals surface area contributed by atoms with Gasteiger partial charge >= 0.3 is 0 Å². The Kier molecular flexibility index (Phi) is 2.49. The summed E-state index contributed by atoms with van der Waals surface area (Å²) in [6.07, 6.45) is 0.725. The van der Waals surface area contributed by atoms with Gasteiger partial charge in [0.05, 0.1) is 22.5 Å². The van der Waals surface area contributed by atoms with Gasteiger partial charge in [-0.05, 0) is 25.5 Å². The number of nitrogen functional groups attached to an aromatic ring is 1. The number of nitrogens with zero attached hydrogens (tertiary/aromatic N) is 2. The van der Waals surface area contributed by atoms with Crippen molar-refractivity contribution in [2.45, 2.75) is 18.9 Å². The second-order valence-corrected chi connectivity index (χ2v) is 4.52. The second-order valence-electron chi connectivity index (χ2n) is 4.52. The van der Waals surface area contributed by atoms with Crippen LogP contribution < -0.4 is 10.6 Å². The SMILES string of the molecule is CC1(O)CCN(c2cccc(C#N)c2N)C1. The third kappa shape index (κ3) is 1.82. The van der Waals surface area contributed by atoms with E-state index >= 15 is 0 Å². The lowest BCUT2D eigenvalue weighted by Gasteiger charge is -2.22. The van der Waals surface area contributed by atoms with Gasteiger partial charge in [-0.15, -0.1) is 0 Å². The Morgan fingerprint density at radius 1 is 1.56 bits per heavy atom. The Morgan fingerprint density at radius 3 is 2.88 bits per heavy atom. The molecule has 0 amide bonds. The molecule has 0 aliphatic carbocycles. The minimum Gasteiger partial charge on any atom is -0.396 e. The molecule has 4 heteroatoms. The van der Waals surface area contributed by atoms with Gasteiger partial charge in [0.25, 0.3) is 0 Å². The molecule has 1 heterocycles. The highest BCUT2D eigenvalue weighted by atomic mass is 16.3. The van der Waals surface area contributed by atoms with Crippen molar-refractivity contribution in [1.82, 2.24) is 0 Å². The number of benzene rings is 1. The molecular formula is C12H15N3O. The summed E-state index contributed by atoms with van der Waals surface area (Å²) >= 11 is 0. The summed E-state index contributed by atoms with van der Waals surface area (Å²) in [6.45, 7) is 3.15. The minimum absolute atomic E-state index is 0.490. The Labute approximate surface area is 94.9 Å². The largest absolute Gasteiger partial charge is 0.396 e. The molecule has 0 aromatic heterocycles. The van der Waals surface area contributed by atoms with Crippen molar-refractivity contribution in [3.8, 4) is 6.07 Å². The third-order valence-corrected chi connectivity index (χ3v) is 3.00. The number of anilines is 2. The first kappa shape index (κ1) is 10.8. The zero-order valence-corrected chi connectivity index (χ0v) is 9.27. The van der Waals surface area contributed by atoms with Crippen molar-refractivity contribution >= 4 is 11.4 Å². The molecule has 3 N–H and O–H groups in total. The van der Waals surface area contributed by atoms with Crippen LogP contribution in [0.1, 0.15) is 18.9 Å². The van der Waals surface area contributed by atoms with Gasteiger partial charge < -0.3 is 15.7 Å². The molecule has 4 nitrogen and oxygen atoms in total. The van der Waals surface area contributed by atoms with Crippen molar-refractivity contribution in [2.24, 2.45) is 0 Å². The molecule has 0 spiro atoms. The predicted molar refractivity (Wildman–Crippen MR) is 63.0 cm³/mol. The molecule has 1 aromatic carbocycles. The molecule has 1 saturated heterocycles. The van der Waals surface area contributed by atoms with Gasteiger partial charge in [-0.3, -0.25) is 0 Å². The molecule has 0 radical (unpaired) electrons. The number of para-hydroxylation sites is 1. The van der Waals surface area contributed by atoms with Crippen molar-refractivity contribution in [3.05, 3.63) is 23.8 Å². The quantitative estimate of drug-likeness (QED) is 0.691. The average molecular weight is 217 g/mol. The topological polar surface area (TPSA) is 73.3 Å². The first-order chi connectivity index (χ1) is 7.53. The summed E-state index contributed by atoms with van der Waals surface area (Å²) in [7, 11) is 0. The molecule has 1 unspecified atom stereocenters. The monoisotopic (exact) mass is 217 g/mol. The van der Waals surface area contributed by atoms with Crippen LogP contribution in [0.3, 0.4) is 0 Å². The number of hydrogen-bond donors (Lipinski definition) is 2. The van der Waals surface area contributed by atoms with Crippen LogP contribution in [0.5, 0.6) is 0 Å².